The molecule has 0 saturated heterocycles. The number of halogens is 4. The number of sulfonamides is 1. The summed E-state index contributed by atoms with van der Waals surface area (Å²) in [6, 6.07) is 10.5. The van der Waals surface area contributed by atoms with Gasteiger partial charge < -0.3 is 14.6 Å². The number of carboxylic acids is 1. The molecule has 0 saturated carbocycles. The van der Waals surface area contributed by atoms with Gasteiger partial charge in [-0.15, -0.1) is 0 Å². The van der Waals surface area contributed by atoms with Crippen LogP contribution in [0.15, 0.2) is 70.7 Å². The van der Waals surface area contributed by atoms with Crippen LogP contribution in [0.5, 0.6) is 11.5 Å². The van der Waals surface area contributed by atoms with Gasteiger partial charge in [0.2, 0.25) is 0 Å². The number of carbonyl (C=O) groups is 1. The fraction of sp³-hybridized carbons (Fsp3) is 0.0909. The first-order valence-electron chi connectivity index (χ1n) is 10.3. The van der Waals surface area contributed by atoms with E-state index in [0.717, 1.165) is 48.7 Å². The van der Waals surface area contributed by atoms with Crippen molar-refractivity contribution in [3.8, 4) is 11.5 Å². The number of alkyl halides is 4. The fourth-order valence-corrected chi connectivity index (χ4v) is 4.32. The number of nitro benzene ring substituents is 1. The molecule has 0 fully saturated rings. The van der Waals surface area contributed by atoms with Crippen molar-refractivity contribution in [2.75, 3.05) is 10.1 Å². The van der Waals surface area contributed by atoms with Crippen LogP contribution in [0.3, 0.4) is 0 Å². The van der Waals surface area contributed by atoms with Gasteiger partial charge in [0.25, 0.3) is 15.7 Å². The Morgan fingerprint density at radius 3 is 2.33 bits per heavy atom. The first-order valence-corrected chi connectivity index (χ1v) is 11.8. The molecule has 0 atom stereocenters. The van der Waals surface area contributed by atoms with Gasteiger partial charge in [-0.3, -0.25) is 20.3 Å². The van der Waals surface area contributed by atoms with Crippen LogP contribution in [0.2, 0.25) is 0 Å². The molecule has 12 nitrogen and oxygen atoms in total. The molecule has 3 N–H and O–H groups in total. The lowest BCUT2D eigenvalue weighted by atomic mass is 10.2. The predicted molar refractivity (Wildman–Crippen MR) is 128 cm³/mol. The second-order valence-corrected chi connectivity index (χ2v) is 8.87. The van der Waals surface area contributed by atoms with E-state index in [1.165, 1.54) is 12.1 Å². The molecule has 206 valence electrons. The Hall–Kier alpha value is -4.93. The van der Waals surface area contributed by atoms with Crippen molar-refractivity contribution in [3.63, 3.8) is 0 Å². The van der Waals surface area contributed by atoms with Gasteiger partial charge in [0, 0.05) is 23.8 Å². The van der Waals surface area contributed by atoms with Crippen molar-refractivity contribution in [2.24, 2.45) is 5.10 Å². The maximum atomic E-state index is 13.1. The molecule has 39 heavy (non-hydrogen) atoms. The minimum atomic E-state index is -4.66. The third kappa shape index (κ3) is 7.54. The molecule has 0 aromatic heterocycles. The molecule has 0 heterocycles. The van der Waals surface area contributed by atoms with Crippen LogP contribution in [0.25, 0.3) is 0 Å². The first kappa shape index (κ1) is 28.6. The lowest BCUT2D eigenvalue weighted by molar-refractivity contribution is -0.385. The van der Waals surface area contributed by atoms with Crippen LogP contribution in [0.1, 0.15) is 15.9 Å². The Morgan fingerprint density at radius 2 is 1.69 bits per heavy atom. The molecule has 0 amide bonds. The third-order valence-corrected chi connectivity index (χ3v) is 6.09. The fourth-order valence-electron chi connectivity index (χ4n) is 3.06. The van der Waals surface area contributed by atoms with E-state index in [9.17, 15) is 46.0 Å². The second-order valence-electron chi connectivity index (χ2n) is 7.22. The van der Waals surface area contributed by atoms with Crippen LogP contribution in [0.4, 0.5) is 34.6 Å². The zero-order valence-electron chi connectivity index (χ0n) is 19.1. The molecule has 0 aliphatic heterocycles. The van der Waals surface area contributed by atoms with Crippen molar-refractivity contribution in [3.05, 3.63) is 81.9 Å². The van der Waals surface area contributed by atoms with Gasteiger partial charge in [-0.25, -0.2) is 13.2 Å². The monoisotopic (exact) mass is 572 g/mol. The van der Waals surface area contributed by atoms with Crippen LogP contribution in [-0.2, 0) is 10.0 Å². The maximum Gasteiger partial charge on any atom is 0.387 e. The number of carboxylic acid groups (broad SMARTS) is 1. The molecule has 3 aromatic rings. The Labute approximate surface area is 216 Å². The quantitative estimate of drug-likeness (QED) is 0.120. The van der Waals surface area contributed by atoms with Crippen LogP contribution in [0, 0.1) is 10.1 Å². The van der Waals surface area contributed by atoms with E-state index in [1.807, 2.05) is 0 Å². The highest BCUT2D eigenvalue weighted by Gasteiger charge is 2.24. The summed E-state index contributed by atoms with van der Waals surface area (Å²) in [7, 11) is -4.66. The smallest absolute Gasteiger partial charge is 0.387 e. The van der Waals surface area contributed by atoms with Crippen molar-refractivity contribution in [1.82, 2.24) is 0 Å². The maximum absolute atomic E-state index is 13.1. The van der Waals surface area contributed by atoms with E-state index >= 15 is 0 Å². The summed E-state index contributed by atoms with van der Waals surface area (Å²) in [5.41, 5.74) is 0.459. The highest BCUT2D eigenvalue weighted by atomic mass is 32.2. The van der Waals surface area contributed by atoms with E-state index in [4.69, 9.17) is 0 Å². The SMILES string of the molecule is O=C(O)c1ccccc1NS(=O)(=O)c1cc([N+](=O)[O-])ccc1N/N=C/c1ccc(OC(F)F)cc1OC(F)F. The second kappa shape index (κ2) is 12.1. The summed E-state index contributed by atoms with van der Waals surface area (Å²) in [5.74, 6) is -2.53. The van der Waals surface area contributed by atoms with E-state index in [0.29, 0.717) is 6.07 Å². The summed E-state index contributed by atoms with van der Waals surface area (Å²) in [4.78, 5) is 21.1. The third-order valence-electron chi connectivity index (χ3n) is 4.68. The molecule has 17 heteroatoms. The van der Waals surface area contributed by atoms with Crippen molar-refractivity contribution in [2.45, 2.75) is 18.1 Å². The van der Waals surface area contributed by atoms with Gasteiger partial charge in [0.1, 0.15) is 16.4 Å². The minimum absolute atomic E-state index is 0.163. The summed E-state index contributed by atoms with van der Waals surface area (Å²) in [5, 5.41) is 24.3. The standard InChI is InChI=1S/C22H16F4N4O8S/c23-21(24)37-14-7-5-12(18(10-14)38-22(25)26)11-27-28-17-8-6-13(30(33)34)9-19(17)39(35,36)29-16-4-2-1-3-15(16)20(31)32/h1-11,21-22,28-29H,(H,31,32)/b27-11+. The summed E-state index contributed by atoms with van der Waals surface area (Å²) >= 11 is 0. The van der Waals surface area contributed by atoms with Gasteiger partial charge in [-0.1, -0.05) is 12.1 Å². The number of hydrazone groups is 1. The lowest BCUT2D eigenvalue weighted by Gasteiger charge is -2.13. The number of rotatable bonds is 12. The average Bonchev–Trinajstić information content (AvgIpc) is 2.84. The van der Waals surface area contributed by atoms with E-state index in [1.54, 1.807) is 0 Å². The zero-order chi connectivity index (χ0) is 28.7. The van der Waals surface area contributed by atoms with Crippen LogP contribution < -0.4 is 19.6 Å². The van der Waals surface area contributed by atoms with Crippen molar-refractivity contribution >= 4 is 39.3 Å². The highest BCUT2D eigenvalue weighted by molar-refractivity contribution is 7.93. The lowest BCUT2D eigenvalue weighted by Crippen LogP contribution is -2.17. The first-order chi connectivity index (χ1) is 18.4. The number of nitrogens with zero attached hydrogens (tertiary/aromatic N) is 2. The van der Waals surface area contributed by atoms with E-state index in [2.05, 4.69) is 24.7 Å². The highest BCUT2D eigenvalue weighted by Crippen LogP contribution is 2.30. The van der Waals surface area contributed by atoms with Crippen LogP contribution in [-0.4, -0.2) is 43.9 Å². The number of hydrogen-bond acceptors (Lipinski definition) is 9. The molecule has 3 rings (SSSR count). The van der Waals surface area contributed by atoms with Crippen molar-refractivity contribution in [1.29, 1.82) is 0 Å². The number of nitro groups is 1. The molecular weight excluding hydrogens is 556 g/mol. The zero-order valence-corrected chi connectivity index (χ0v) is 19.9. The number of ether oxygens (including phenoxy) is 2. The Morgan fingerprint density at radius 1 is 1.00 bits per heavy atom. The minimum Gasteiger partial charge on any atom is -0.478 e. The summed E-state index contributed by atoms with van der Waals surface area (Å²) < 4.78 is 87.2. The number of nitrogens with one attached hydrogen (secondary N) is 2. The average molecular weight is 572 g/mol. The van der Waals surface area contributed by atoms with E-state index < -0.39 is 61.8 Å². The number of benzene rings is 3. The van der Waals surface area contributed by atoms with Gasteiger partial charge in [-0.2, -0.15) is 22.7 Å². The molecule has 0 aliphatic rings. The van der Waals surface area contributed by atoms with Crippen LogP contribution >= 0.6 is 0 Å². The van der Waals surface area contributed by atoms with Gasteiger partial charge in [-0.05, 0) is 30.3 Å². The number of para-hydroxylation sites is 1. The molecule has 0 bridgehead atoms. The number of aromatic carboxylic acids is 1. The number of non-ortho nitro benzene ring substituents is 1. The molecule has 0 aliphatic carbocycles. The van der Waals surface area contributed by atoms with Crippen molar-refractivity contribution < 1.29 is 50.3 Å². The largest absolute Gasteiger partial charge is 0.478 e. The van der Waals surface area contributed by atoms with Gasteiger partial charge >= 0.3 is 19.2 Å². The Bertz CT molecular complexity index is 1520. The molecule has 0 radical (unpaired) electrons. The van der Waals surface area contributed by atoms with Gasteiger partial charge in [0.05, 0.1) is 28.1 Å². The Kier molecular flexibility index (Phi) is 8.87. The molecule has 0 unspecified atom stereocenters. The summed E-state index contributed by atoms with van der Waals surface area (Å²) in [6.07, 6.45) is 0.884. The van der Waals surface area contributed by atoms with Gasteiger partial charge in [0.15, 0.2) is 0 Å². The van der Waals surface area contributed by atoms with E-state index in [-0.39, 0.29) is 16.9 Å². The molecule has 3 aromatic carbocycles. The topological polar surface area (TPSA) is 169 Å². The number of anilines is 2. The summed E-state index contributed by atoms with van der Waals surface area (Å²) in [6.45, 7) is -6.57. The normalized spacial score (nSPS) is 11.5. The Balaban J connectivity index is 1.97. The predicted octanol–water partition coefficient (Wildman–Crippen LogP) is 4.74. The number of hydrogen-bond donors (Lipinski definition) is 3. The molecular formula is C22H16F4N4O8S. The molecule has 0 spiro atoms.